The van der Waals surface area contributed by atoms with E-state index < -0.39 is 0 Å². The molecule has 0 unspecified atom stereocenters. The first-order chi connectivity index (χ1) is 21.0. The molecule has 0 saturated heterocycles. The Morgan fingerprint density at radius 3 is 2.18 bits per heavy atom. The van der Waals surface area contributed by atoms with E-state index in [1.54, 1.807) is 0 Å². The number of hydrogen-bond donors (Lipinski definition) is 1. The van der Waals surface area contributed by atoms with Crippen LogP contribution in [0.15, 0.2) is 58.7 Å². The van der Waals surface area contributed by atoms with Gasteiger partial charge < -0.3 is 9.52 Å². The molecule has 0 spiro atoms. The van der Waals surface area contributed by atoms with E-state index in [2.05, 4.69) is 77.1 Å². The molecule has 1 aliphatic rings. The van der Waals surface area contributed by atoms with Crippen LogP contribution in [0.25, 0.3) is 44.1 Å². The Labute approximate surface area is 281 Å². The predicted molar refractivity (Wildman–Crippen MR) is 183 cm³/mol. The fourth-order valence-corrected chi connectivity index (χ4v) is 6.76. The summed E-state index contributed by atoms with van der Waals surface area (Å²) >= 11 is 0. The Balaban J connectivity index is 0.000000249. The van der Waals surface area contributed by atoms with Gasteiger partial charge in [0, 0.05) is 43.4 Å². The van der Waals surface area contributed by atoms with Gasteiger partial charge in [-0.15, -0.1) is 17.7 Å². The van der Waals surface area contributed by atoms with Crippen LogP contribution in [-0.4, -0.2) is 15.9 Å². The molecule has 5 aromatic rings. The normalized spacial score (nSPS) is 13.6. The first kappa shape index (κ1) is 34.6. The molecule has 6 rings (SSSR count). The topological polar surface area (TPSA) is 63.3 Å². The molecule has 0 bridgehead atoms. The number of ketones is 1. The van der Waals surface area contributed by atoms with Crippen molar-refractivity contribution in [3.8, 4) is 11.3 Å². The third-order valence-corrected chi connectivity index (χ3v) is 9.71. The van der Waals surface area contributed by atoms with E-state index in [1.165, 1.54) is 39.1 Å². The van der Waals surface area contributed by atoms with E-state index >= 15 is 0 Å². The van der Waals surface area contributed by atoms with Crippen LogP contribution in [0.5, 0.6) is 0 Å². The molecule has 45 heavy (non-hydrogen) atoms. The van der Waals surface area contributed by atoms with Crippen molar-refractivity contribution in [1.82, 2.24) is 4.98 Å². The summed E-state index contributed by atoms with van der Waals surface area (Å²) in [4.78, 5) is 16.9. The van der Waals surface area contributed by atoms with Gasteiger partial charge >= 0.3 is 0 Å². The van der Waals surface area contributed by atoms with E-state index in [-0.39, 0.29) is 48.9 Å². The average Bonchev–Trinajstić information content (AvgIpc) is 3.38. The van der Waals surface area contributed by atoms with Crippen molar-refractivity contribution < 1.29 is 34.4 Å². The minimum absolute atomic E-state index is 0. The summed E-state index contributed by atoms with van der Waals surface area (Å²) in [7, 11) is 0. The fraction of sp³-hybridized carbons (Fsp3) is 0.400. The number of allylic oxidation sites excluding steroid dienone is 2. The first-order valence-electron chi connectivity index (χ1n) is 16.2. The molecule has 0 atom stereocenters. The first-order valence-corrected chi connectivity index (χ1v) is 16.2. The van der Waals surface area contributed by atoms with Crippen molar-refractivity contribution in [1.29, 1.82) is 0 Å². The Morgan fingerprint density at radius 2 is 1.53 bits per heavy atom. The summed E-state index contributed by atoms with van der Waals surface area (Å²) in [6.07, 6.45) is 4.91. The van der Waals surface area contributed by atoms with Gasteiger partial charge in [-0.2, -0.15) is 0 Å². The number of carbonyl (C=O) groups excluding carboxylic acids is 1. The number of rotatable bonds is 7. The van der Waals surface area contributed by atoms with Gasteiger partial charge in [0.15, 0.2) is 5.78 Å². The summed E-state index contributed by atoms with van der Waals surface area (Å²) in [6.45, 7) is 19.0. The number of carbonyl (C=O) groups is 1. The van der Waals surface area contributed by atoms with Crippen molar-refractivity contribution in [2.45, 2.75) is 93.4 Å². The predicted octanol–water partition coefficient (Wildman–Crippen LogP) is 11.0. The molecule has 0 fully saturated rings. The number of aliphatic hydroxyl groups is 1. The molecule has 0 aliphatic heterocycles. The van der Waals surface area contributed by atoms with Crippen LogP contribution in [-0.2, 0) is 30.3 Å². The summed E-state index contributed by atoms with van der Waals surface area (Å²) in [5.74, 6) is 0.547. The number of aliphatic hydroxyl groups excluding tert-OH is 1. The number of aryl methyl sites for hydroxylation is 3. The largest absolute Gasteiger partial charge is 0.512 e. The number of aromatic nitrogens is 1. The molecule has 2 heterocycles. The van der Waals surface area contributed by atoms with Crippen LogP contribution in [0, 0.1) is 38.7 Å². The summed E-state index contributed by atoms with van der Waals surface area (Å²) in [6, 6.07) is 18.9. The third-order valence-electron chi connectivity index (χ3n) is 9.71. The van der Waals surface area contributed by atoms with E-state index in [0.717, 1.165) is 64.6 Å². The summed E-state index contributed by atoms with van der Waals surface area (Å²) in [5.41, 5.74) is 10.9. The van der Waals surface area contributed by atoms with Crippen molar-refractivity contribution in [2.24, 2.45) is 11.8 Å². The minimum atomic E-state index is -0.205. The number of nitrogens with zero attached hydrogens (tertiary/aromatic N) is 1. The number of pyridine rings is 1. The zero-order valence-electron chi connectivity index (χ0n) is 28.1. The smallest absolute Gasteiger partial charge is 0.162 e. The Morgan fingerprint density at radius 1 is 0.889 bits per heavy atom. The van der Waals surface area contributed by atoms with Crippen molar-refractivity contribution >= 4 is 38.6 Å². The van der Waals surface area contributed by atoms with Gasteiger partial charge in [-0.3, -0.25) is 9.78 Å². The van der Waals surface area contributed by atoms with Gasteiger partial charge in [-0.25, -0.2) is 0 Å². The van der Waals surface area contributed by atoms with Crippen molar-refractivity contribution in [3.05, 3.63) is 88.2 Å². The molecule has 0 amide bonds. The van der Waals surface area contributed by atoms with Crippen LogP contribution < -0.4 is 0 Å². The molecule has 3 aromatic carbocycles. The molecular weight excluding hydrogens is 735 g/mol. The van der Waals surface area contributed by atoms with E-state index in [9.17, 15) is 9.90 Å². The van der Waals surface area contributed by atoms with Crippen LogP contribution in [0.2, 0.25) is 0 Å². The van der Waals surface area contributed by atoms with Gasteiger partial charge in [0.25, 0.3) is 0 Å². The fourth-order valence-electron chi connectivity index (χ4n) is 6.76. The zero-order chi connectivity index (χ0) is 31.9. The van der Waals surface area contributed by atoms with Crippen LogP contribution in [0.3, 0.4) is 0 Å². The van der Waals surface area contributed by atoms with Crippen molar-refractivity contribution in [2.75, 3.05) is 0 Å². The Kier molecular flexibility index (Phi) is 10.5. The van der Waals surface area contributed by atoms with Gasteiger partial charge in [-0.05, 0) is 79.3 Å². The monoisotopic (exact) mass is 781 g/mol. The second kappa shape index (κ2) is 13.6. The second-order valence-electron chi connectivity index (χ2n) is 13.0. The van der Waals surface area contributed by atoms with E-state index in [1.807, 2.05) is 33.8 Å². The van der Waals surface area contributed by atoms with Crippen LogP contribution in [0.1, 0.15) is 95.0 Å². The number of fused-ring (bicyclic) bond motifs is 3. The molecular formula is C40H46IrNO3-. The average molecular weight is 781 g/mol. The molecule has 1 aliphatic carbocycles. The SMILES string of the molecule is CCC(CC)C(=O)/C=C(\O)C(CC)CC.Cc1ccc2nc3c(cc2c1)C(C)(C)c1ccc(C)c2oc4c(C)c[c-]c-3c4c12.[Ir]. The quantitative estimate of drug-likeness (QED) is 0.101. The molecule has 2 aromatic heterocycles. The standard InChI is InChI=1S/C27H22NO.C13H24O2.Ir/c1-14-6-11-21-17(12-14)13-20-24(28-21)18-9-7-15(2)25-22(18)23-19(27(20,4)5)10-8-16(3)26(23)29-25;1-5-10(6-2)12(14)9-13(15)11(7-3)8-4;/h6-8,10-13H,1-5H3;9-11,14H,5-8H2,1-4H3;/q-1;;/b;12-9-;. The molecule has 5 heteroatoms. The third kappa shape index (κ3) is 6.14. The zero-order valence-corrected chi connectivity index (χ0v) is 30.5. The van der Waals surface area contributed by atoms with E-state index in [0.29, 0.717) is 0 Å². The summed E-state index contributed by atoms with van der Waals surface area (Å²) in [5, 5.41) is 13.3. The van der Waals surface area contributed by atoms with Gasteiger partial charge in [-0.1, -0.05) is 94.8 Å². The number of hydrogen-bond acceptors (Lipinski definition) is 4. The molecule has 1 N–H and O–H groups in total. The van der Waals surface area contributed by atoms with Gasteiger partial charge in [0.05, 0.1) is 16.9 Å². The van der Waals surface area contributed by atoms with Crippen LogP contribution in [0.4, 0.5) is 0 Å². The number of benzene rings is 3. The maximum absolute atomic E-state index is 11.7. The van der Waals surface area contributed by atoms with Gasteiger partial charge in [0.1, 0.15) is 5.58 Å². The molecule has 239 valence electrons. The summed E-state index contributed by atoms with van der Waals surface area (Å²) < 4.78 is 6.44. The van der Waals surface area contributed by atoms with E-state index in [4.69, 9.17) is 9.40 Å². The number of furan rings is 1. The second-order valence-corrected chi connectivity index (χ2v) is 13.0. The Bertz CT molecular complexity index is 1900. The minimum Gasteiger partial charge on any atom is -0.512 e. The molecule has 0 saturated carbocycles. The maximum atomic E-state index is 11.7. The maximum Gasteiger partial charge on any atom is 0.162 e. The molecule has 1 radical (unpaired) electrons. The van der Waals surface area contributed by atoms with Gasteiger partial charge in [0.2, 0.25) is 0 Å². The Hall–Kier alpha value is -3.27. The molecule has 4 nitrogen and oxygen atoms in total. The van der Waals surface area contributed by atoms with Crippen LogP contribution >= 0.6 is 0 Å². The van der Waals surface area contributed by atoms with Crippen molar-refractivity contribution in [3.63, 3.8) is 0 Å².